The Morgan fingerprint density at radius 3 is 1.90 bits per heavy atom. The van der Waals surface area contributed by atoms with Crippen LogP contribution in [0.4, 0.5) is 29.2 Å². The molecule has 3 aromatic rings. The zero-order valence-corrected chi connectivity index (χ0v) is 22.5. The Morgan fingerprint density at radius 1 is 0.878 bits per heavy atom. The van der Waals surface area contributed by atoms with Crippen LogP contribution >= 0.6 is 0 Å². The third-order valence-corrected chi connectivity index (χ3v) is 7.01. The van der Waals surface area contributed by atoms with Crippen LogP contribution in [0, 0.1) is 11.5 Å². The summed E-state index contributed by atoms with van der Waals surface area (Å²) in [7, 11) is 0. The molecule has 2 aliphatic rings. The Balaban J connectivity index is 1.43. The quantitative estimate of drug-likeness (QED) is 0.175. The summed E-state index contributed by atoms with van der Waals surface area (Å²) in [5.41, 5.74) is 25.7. The molecule has 0 aliphatic carbocycles. The highest BCUT2D eigenvalue weighted by Crippen LogP contribution is 2.28. The number of piperidine rings is 2. The van der Waals surface area contributed by atoms with Crippen LogP contribution in [0.3, 0.4) is 0 Å². The summed E-state index contributed by atoms with van der Waals surface area (Å²) >= 11 is 0. The highest BCUT2D eigenvalue weighted by molar-refractivity contribution is 6.09. The second-order valence-corrected chi connectivity index (χ2v) is 10.5. The number of hydrogen-bond donors (Lipinski definition) is 6. The SMILES string of the molecule is N#CN(C(=O)c1ccc(Nc2nc(N3CC(N)CC(N)C3)nc(N3CC(N)CC(N)C3)n2)cc1O)c1ccccc1. The summed E-state index contributed by atoms with van der Waals surface area (Å²) < 4.78 is 0. The lowest BCUT2D eigenvalue weighted by molar-refractivity contribution is 0.0997. The summed E-state index contributed by atoms with van der Waals surface area (Å²) in [6.45, 7) is 2.13. The van der Waals surface area contributed by atoms with Crippen molar-refractivity contribution >= 4 is 35.1 Å². The molecule has 2 saturated heterocycles. The zero-order valence-electron chi connectivity index (χ0n) is 22.5. The molecule has 2 aliphatic heterocycles. The van der Waals surface area contributed by atoms with Crippen molar-refractivity contribution in [3.63, 3.8) is 0 Å². The van der Waals surface area contributed by atoms with E-state index in [4.69, 9.17) is 27.9 Å². The molecule has 4 unspecified atom stereocenters. The summed E-state index contributed by atoms with van der Waals surface area (Å²) in [4.78, 5) is 31.8. The first-order chi connectivity index (χ1) is 19.7. The van der Waals surface area contributed by atoms with E-state index in [0.717, 1.165) is 4.90 Å². The maximum atomic E-state index is 13.1. The van der Waals surface area contributed by atoms with Crippen LogP contribution in [0.5, 0.6) is 5.75 Å². The van der Waals surface area contributed by atoms with Gasteiger partial charge in [-0.25, -0.2) is 4.90 Å². The van der Waals surface area contributed by atoms with Gasteiger partial charge in [0.25, 0.3) is 5.91 Å². The predicted octanol–water partition coefficient (Wildman–Crippen LogP) is 0.178. The average molecular weight is 559 g/mol. The molecular weight excluding hydrogens is 524 g/mol. The number of phenolic OH excluding ortho intramolecular Hbond substituents is 1. The Hall–Kier alpha value is -4.55. The number of phenols is 1. The van der Waals surface area contributed by atoms with Gasteiger partial charge >= 0.3 is 0 Å². The number of aromatic nitrogens is 3. The average Bonchev–Trinajstić information content (AvgIpc) is 2.93. The number of nitrogens with two attached hydrogens (primary N) is 4. The Labute approximate surface area is 237 Å². The molecule has 10 N–H and O–H groups in total. The second kappa shape index (κ2) is 11.9. The molecule has 5 rings (SSSR count). The third-order valence-electron chi connectivity index (χ3n) is 7.01. The Bertz CT molecular complexity index is 1370. The van der Waals surface area contributed by atoms with Crippen molar-refractivity contribution in [2.75, 3.05) is 46.2 Å². The van der Waals surface area contributed by atoms with Gasteiger partial charge in [0.2, 0.25) is 17.8 Å². The minimum Gasteiger partial charge on any atom is -0.507 e. The smallest absolute Gasteiger partial charge is 0.275 e. The maximum absolute atomic E-state index is 13.1. The highest BCUT2D eigenvalue weighted by Gasteiger charge is 2.29. The van der Waals surface area contributed by atoms with E-state index < -0.39 is 5.91 Å². The Kier molecular flexibility index (Phi) is 8.13. The topological polar surface area (TPSA) is 226 Å². The van der Waals surface area contributed by atoms with Gasteiger partial charge in [0.15, 0.2) is 6.19 Å². The largest absolute Gasteiger partial charge is 0.507 e. The number of carbonyl (C=O) groups excluding carboxylic acids is 1. The van der Waals surface area contributed by atoms with Crippen molar-refractivity contribution in [3.8, 4) is 11.9 Å². The minimum atomic E-state index is -0.664. The van der Waals surface area contributed by atoms with Gasteiger partial charge in [-0.15, -0.1) is 0 Å². The first-order valence-electron chi connectivity index (χ1n) is 13.4. The van der Waals surface area contributed by atoms with Crippen molar-refractivity contribution in [3.05, 3.63) is 54.1 Å². The molecule has 0 bridgehead atoms. The van der Waals surface area contributed by atoms with Crippen LogP contribution in [-0.2, 0) is 0 Å². The number of amides is 1. The molecule has 2 fully saturated rings. The molecule has 0 radical (unpaired) electrons. The van der Waals surface area contributed by atoms with Gasteiger partial charge in [-0.2, -0.15) is 20.2 Å². The molecule has 14 nitrogen and oxygen atoms in total. The standard InChI is InChI=1S/C27H34N12O2/c28-15-39(21-4-2-1-3-5-21)24(41)22-7-6-20(10-23(22)40)33-25-34-26(37-11-16(29)8-17(30)12-37)36-27(35-25)38-13-18(31)9-19(32)14-38/h1-7,10,16-19,40H,8-9,11-14,29-32H2,(H,33,34,35,36). The summed E-state index contributed by atoms with van der Waals surface area (Å²) in [5, 5.41) is 23.4. The number of para-hydroxylation sites is 1. The van der Waals surface area contributed by atoms with E-state index in [1.54, 1.807) is 36.4 Å². The molecule has 41 heavy (non-hydrogen) atoms. The van der Waals surface area contributed by atoms with E-state index in [1.807, 2.05) is 16.0 Å². The van der Waals surface area contributed by atoms with Crippen molar-refractivity contribution in [1.82, 2.24) is 15.0 Å². The minimum absolute atomic E-state index is 0.0365. The van der Waals surface area contributed by atoms with Crippen LogP contribution in [0.25, 0.3) is 0 Å². The van der Waals surface area contributed by atoms with Crippen molar-refractivity contribution in [2.24, 2.45) is 22.9 Å². The van der Waals surface area contributed by atoms with Gasteiger partial charge in [0, 0.05) is 62.1 Å². The van der Waals surface area contributed by atoms with Crippen LogP contribution in [-0.4, -0.2) is 76.3 Å². The molecule has 14 heteroatoms. The van der Waals surface area contributed by atoms with Crippen molar-refractivity contribution in [1.29, 1.82) is 5.26 Å². The third kappa shape index (κ3) is 6.44. The molecule has 1 amide bonds. The fourth-order valence-electron chi connectivity index (χ4n) is 5.21. The number of anilines is 5. The number of aromatic hydroxyl groups is 1. The number of nitrogens with zero attached hydrogens (tertiary/aromatic N) is 7. The van der Waals surface area contributed by atoms with E-state index in [1.165, 1.54) is 12.1 Å². The first kappa shape index (κ1) is 28.0. The fourth-order valence-corrected chi connectivity index (χ4v) is 5.21. The van der Waals surface area contributed by atoms with E-state index >= 15 is 0 Å². The van der Waals surface area contributed by atoms with Gasteiger partial charge in [-0.05, 0) is 37.1 Å². The number of carbonyl (C=O) groups is 1. The van der Waals surface area contributed by atoms with Gasteiger partial charge in [-0.1, -0.05) is 18.2 Å². The van der Waals surface area contributed by atoms with Gasteiger partial charge in [0.05, 0.1) is 11.3 Å². The maximum Gasteiger partial charge on any atom is 0.275 e. The van der Waals surface area contributed by atoms with E-state index in [0.29, 0.717) is 62.3 Å². The molecular formula is C27H34N12O2. The van der Waals surface area contributed by atoms with Crippen LogP contribution in [0.15, 0.2) is 48.5 Å². The Morgan fingerprint density at radius 2 is 1.41 bits per heavy atom. The zero-order chi connectivity index (χ0) is 29.1. The van der Waals surface area contributed by atoms with Crippen molar-refractivity contribution < 1.29 is 9.90 Å². The summed E-state index contributed by atoms with van der Waals surface area (Å²) in [5.74, 6) is 0.0419. The summed E-state index contributed by atoms with van der Waals surface area (Å²) in [6.07, 6.45) is 3.27. The van der Waals surface area contributed by atoms with E-state index in [9.17, 15) is 15.2 Å². The molecule has 3 heterocycles. The van der Waals surface area contributed by atoms with Gasteiger partial charge in [0.1, 0.15) is 5.75 Å². The van der Waals surface area contributed by atoms with Crippen LogP contribution in [0.1, 0.15) is 23.2 Å². The number of rotatable bonds is 6. The monoisotopic (exact) mass is 558 g/mol. The molecule has 4 atom stereocenters. The molecule has 2 aromatic carbocycles. The van der Waals surface area contributed by atoms with Crippen LogP contribution < -0.4 is 43.0 Å². The molecule has 0 spiro atoms. The summed E-state index contributed by atoms with van der Waals surface area (Å²) in [6, 6.07) is 12.4. The van der Waals surface area contributed by atoms with Crippen LogP contribution in [0.2, 0.25) is 0 Å². The van der Waals surface area contributed by atoms with Gasteiger partial charge < -0.3 is 43.2 Å². The number of hydrogen-bond acceptors (Lipinski definition) is 13. The second-order valence-electron chi connectivity index (χ2n) is 10.5. The molecule has 1 aromatic heterocycles. The predicted molar refractivity (Wildman–Crippen MR) is 156 cm³/mol. The normalized spacial score (nSPS) is 22.6. The lowest BCUT2D eigenvalue weighted by Gasteiger charge is -2.37. The molecule has 214 valence electrons. The lowest BCUT2D eigenvalue weighted by atomic mass is 10.0. The number of benzene rings is 2. The first-order valence-corrected chi connectivity index (χ1v) is 13.4. The number of nitrogens with one attached hydrogen (secondary N) is 1. The van der Waals surface area contributed by atoms with Crippen molar-refractivity contribution in [2.45, 2.75) is 37.0 Å². The fraction of sp³-hybridized carbons (Fsp3) is 0.370. The van der Waals surface area contributed by atoms with E-state index in [2.05, 4.69) is 15.3 Å². The highest BCUT2D eigenvalue weighted by atomic mass is 16.3. The van der Waals surface area contributed by atoms with Gasteiger partial charge in [-0.3, -0.25) is 4.79 Å². The lowest BCUT2D eigenvalue weighted by Crippen LogP contribution is -2.54. The number of nitriles is 1. The van der Waals surface area contributed by atoms with E-state index in [-0.39, 0.29) is 41.4 Å². The molecule has 0 saturated carbocycles.